The first-order chi connectivity index (χ1) is 10.6. The Kier molecular flexibility index (Phi) is 3.03. The summed E-state index contributed by atoms with van der Waals surface area (Å²) < 4.78 is 0. The highest BCUT2D eigenvalue weighted by Crippen LogP contribution is 2.55. The van der Waals surface area contributed by atoms with Crippen LogP contribution in [-0.2, 0) is 14.4 Å². The average Bonchev–Trinajstić information content (AvgIpc) is 3.18. The Morgan fingerprint density at radius 3 is 2.23 bits per heavy atom. The number of hydrogen-bond acceptors (Lipinski definition) is 3. The summed E-state index contributed by atoms with van der Waals surface area (Å²) in [5, 5.41) is 2.73. The number of rotatable bonds is 3. The zero-order valence-electron chi connectivity index (χ0n) is 12.2. The van der Waals surface area contributed by atoms with Gasteiger partial charge in [-0.2, -0.15) is 0 Å². The molecule has 0 spiro atoms. The molecular formula is C17H18N2O3. The maximum absolute atomic E-state index is 12.5. The second-order valence-corrected chi connectivity index (χ2v) is 6.56. The van der Waals surface area contributed by atoms with Gasteiger partial charge in [0.25, 0.3) is 0 Å². The maximum atomic E-state index is 12.5. The van der Waals surface area contributed by atoms with Gasteiger partial charge in [-0.25, -0.2) is 0 Å². The normalized spacial score (nSPS) is 32.5. The van der Waals surface area contributed by atoms with E-state index < -0.39 is 0 Å². The molecule has 1 aliphatic heterocycles. The second-order valence-electron chi connectivity index (χ2n) is 6.56. The minimum atomic E-state index is -0.319. The lowest BCUT2D eigenvalue weighted by Gasteiger charge is -2.19. The third-order valence-corrected chi connectivity index (χ3v) is 5.38. The molecule has 2 bridgehead atoms. The van der Waals surface area contributed by atoms with Crippen molar-refractivity contribution in [1.29, 1.82) is 0 Å². The molecule has 2 aliphatic carbocycles. The number of amides is 3. The topological polar surface area (TPSA) is 66.5 Å². The van der Waals surface area contributed by atoms with Crippen LogP contribution in [0.4, 0.5) is 5.69 Å². The number of nitrogens with one attached hydrogen (secondary N) is 1. The molecular weight excluding hydrogens is 280 g/mol. The van der Waals surface area contributed by atoms with Crippen LogP contribution in [0.2, 0.25) is 0 Å². The van der Waals surface area contributed by atoms with Crippen LogP contribution < -0.4 is 5.32 Å². The van der Waals surface area contributed by atoms with E-state index in [0.717, 1.165) is 19.3 Å². The van der Waals surface area contributed by atoms with Crippen molar-refractivity contribution in [3.63, 3.8) is 0 Å². The third-order valence-electron chi connectivity index (χ3n) is 5.38. The Labute approximate surface area is 128 Å². The Hall–Kier alpha value is -2.17. The minimum absolute atomic E-state index is 0.134. The molecule has 3 amide bonds. The average molecular weight is 298 g/mol. The number of carbonyl (C=O) groups is 3. The molecule has 22 heavy (non-hydrogen) atoms. The van der Waals surface area contributed by atoms with Crippen molar-refractivity contribution in [3.8, 4) is 0 Å². The molecule has 114 valence electrons. The number of carbonyl (C=O) groups excluding carboxylic acids is 3. The van der Waals surface area contributed by atoms with E-state index in [2.05, 4.69) is 5.32 Å². The summed E-state index contributed by atoms with van der Waals surface area (Å²) in [7, 11) is 0. The summed E-state index contributed by atoms with van der Waals surface area (Å²) >= 11 is 0. The number of nitrogens with zero attached hydrogens (tertiary/aromatic N) is 1. The fourth-order valence-electron chi connectivity index (χ4n) is 4.49. The van der Waals surface area contributed by atoms with Crippen LogP contribution in [0.1, 0.15) is 19.3 Å². The Bertz CT molecular complexity index is 615. The van der Waals surface area contributed by atoms with Crippen molar-refractivity contribution in [1.82, 2.24) is 4.90 Å². The number of hydrogen-bond donors (Lipinski definition) is 1. The quantitative estimate of drug-likeness (QED) is 0.863. The smallest absolute Gasteiger partial charge is 0.244 e. The standard InChI is InChI=1S/C17H18N2O3/c20-13(18-12-4-2-1-3-5-12)9-19-16(21)14-10-6-7-11(8-10)15(14)17(19)22/h1-5,10-11,14-15H,6-9H2,(H,18,20)/t10-,11-,14-,15+/m0/s1. The van der Waals surface area contributed by atoms with Crippen molar-refractivity contribution in [3.05, 3.63) is 30.3 Å². The number of benzene rings is 1. The van der Waals surface area contributed by atoms with Crippen LogP contribution in [0.5, 0.6) is 0 Å². The zero-order chi connectivity index (χ0) is 15.3. The van der Waals surface area contributed by atoms with E-state index >= 15 is 0 Å². The highest BCUT2D eigenvalue weighted by molar-refractivity contribution is 6.09. The van der Waals surface area contributed by atoms with Gasteiger partial charge >= 0.3 is 0 Å². The highest BCUT2D eigenvalue weighted by Gasteiger charge is 2.60. The molecule has 0 unspecified atom stereocenters. The minimum Gasteiger partial charge on any atom is -0.325 e. The van der Waals surface area contributed by atoms with E-state index in [0.29, 0.717) is 17.5 Å². The lowest BCUT2D eigenvalue weighted by molar-refractivity contribution is -0.143. The van der Waals surface area contributed by atoms with Crippen LogP contribution in [0.25, 0.3) is 0 Å². The first-order valence-corrected chi connectivity index (χ1v) is 7.85. The van der Waals surface area contributed by atoms with Gasteiger partial charge < -0.3 is 5.32 Å². The monoisotopic (exact) mass is 298 g/mol. The van der Waals surface area contributed by atoms with E-state index in [-0.39, 0.29) is 36.1 Å². The zero-order valence-corrected chi connectivity index (χ0v) is 12.2. The summed E-state index contributed by atoms with van der Waals surface area (Å²) in [4.78, 5) is 38.3. The molecule has 0 radical (unpaired) electrons. The van der Waals surface area contributed by atoms with Gasteiger partial charge in [0, 0.05) is 5.69 Å². The SMILES string of the molecule is O=C(CN1C(=O)[C@@H]2[C@H]3CC[C@@H](C3)[C@@H]2C1=O)Nc1ccccc1. The summed E-state index contributed by atoms with van der Waals surface area (Å²) in [6.07, 6.45) is 3.11. The Morgan fingerprint density at radius 1 is 1.05 bits per heavy atom. The molecule has 3 aliphatic rings. The second kappa shape index (κ2) is 4.93. The molecule has 1 heterocycles. The summed E-state index contributed by atoms with van der Waals surface area (Å²) in [5.41, 5.74) is 0.673. The van der Waals surface area contributed by atoms with Crippen molar-refractivity contribution in [2.45, 2.75) is 19.3 Å². The van der Waals surface area contributed by atoms with Gasteiger partial charge in [-0.3, -0.25) is 19.3 Å². The number of fused-ring (bicyclic) bond motifs is 5. The molecule has 4 atom stereocenters. The van der Waals surface area contributed by atoms with Crippen LogP contribution in [0.3, 0.4) is 0 Å². The molecule has 0 aromatic heterocycles. The van der Waals surface area contributed by atoms with Crippen LogP contribution in [0, 0.1) is 23.7 Å². The van der Waals surface area contributed by atoms with E-state index in [1.54, 1.807) is 12.1 Å². The first-order valence-electron chi connectivity index (χ1n) is 7.85. The van der Waals surface area contributed by atoms with E-state index in [9.17, 15) is 14.4 Å². The maximum Gasteiger partial charge on any atom is 0.244 e. The predicted molar refractivity (Wildman–Crippen MR) is 79.6 cm³/mol. The molecule has 4 rings (SSSR count). The third kappa shape index (κ3) is 1.95. The van der Waals surface area contributed by atoms with Crippen molar-refractivity contribution >= 4 is 23.4 Å². The molecule has 1 aromatic carbocycles. The van der Waals surface area contributed by atoms with Gasteiger partial charge in [-0.15, -0.1) is 0 Å². The van der Waals surface area contributed by atoms with Crippen molar-refractivity contribution in [2.75, 3.05) is 11.9 Å². The molecule has 1 N–H and O–H groups in total. The lowest BCUT2D eigenvalue weighted by atomic mass is 9.81. The number of imide groups is 1. The summed E-state index contributed by atoms with van der Waals surface area (Å²) in [6, 6.07) is 9.06. The molecule has 5 nitrogen and oxygen atoms in total. The van der Waals surface area contributed by atoms with Gasteiger partial charge in [0.2, 0.25) is 17.7 Å². The van der Waals surface area contributed by atoms with Crippen LogP contribution in [-0.4, -0.2) is 29.2 Å². The number of para-hydroxylation sites is 1. The van der Waals surface area contributed by atoms with Crippen molar-refractivity contribution < 1.29 is 14.4 Å². The molecule has 5 heteroatoms. The lowest BCUT2D eigenvalue weighted by Crippen LogP contribution is -2.39. The van der Waals surface area contributed by atoms with Crippen LogP contribution >= 0.6 is 0 Å². The predicted octanol–water partition coefficient (Wildman–Crippen LogP) is 1.66. The highest BCUT2D eigenvalue weighted by atomic mass is 16.2. The first kappa shape index (κ1) is 13.5. The fourth-order valence-corrected chi connectivity index (χ4v) is 4.49. The van der Waals surface area contributed by atoms with Gasteiger partial charge in [-0.1, -0.05) is 18.2 Å². The summed E-state index contributed by atoms with van der Waals surface area (Å²) in [6.45, 7) is -0.168. The number of likely N-dealkylation sites (tertiary alicyclic amines) is 1. The van der Waals surface area contributed by atoms with Crippen molar-refractivity contribution in [2.24, 2.45) is 23.7 Å². The van der Waals surface area contributed by atoms with Gasteiger partial charge in [0.1, 0.15) is 6.54 Å². The van der Waals surface area contributed by atoms with Crippen LogP contribution in [0.15, 0.2) is 30.3 Å². The molecule has 1 aromatic rings. The molecule has 3 fully saturated rings. The van der Waals surface area contributed by atoms with E-state index in [1.807, 2.05) is 18.2 Å². The van der Waals surface area contributed by atoms with Gasteiger partial charge in [0.15, 0.2) is 0 Å². The molecule has 1 saturated heterocycles. The summed E-state index contributed by atoms with van der Waals surface area (Å²) in [5.74, 6) is -0.190. The van der Waals surface area contributed by atoms with Gasteiger partial charge in [0.05, 0.1) is 11.8 Å². The molecule has 2 saturated carbocycles. The Morgan fingerprint density at radius 2 is 1.64 bits per heavy atom. The Balaban J connectivity index is 1.46. The van der Waals surface area contributed by atoms with E-state index in [4.69, 9.17) is 0 Å². The number of anilines is 1. The largest absolute Gasteiger partial charge is 0.325 e. The van der Waals surface area contributed by atoms with Gasteiger partial charge in [-0.05, 0) is 43.2 Å². The fraction of sp³-hybridized carbons (Fsp3) is 0.471. The van der Waals surface area contributed by atoms with E-state index in [1.165, 1.54) is 4.90 Å².